The summed E-state index contributed by atoms with van der Waals surface area (Å²) in [7, 11) is 0. The maximum absolute atomic E-state index is 13.4. The summed E-state index contributed by atoms with van der Waals surface area (Å²) in [6.07, 6.45) is -7.52. The minimum Gasteiger partial charge on any atom is -0.361 e. The highest BCUT2D eigenvalue weighted by Crippen LogP contribution is 2.40. The van der Waals surface area contributed by atoms with Crippen LogP contribution in [0.1, 0.15) is 22.5 Å². The first kappa shape index (κ1) is 27.1. The van der Waals surface area contributed by atoms with Gasteiger partial charge < -0.3 is 4.98 Å². The molecule has 0 radical (unpaired) electrons. The van der Waals surface area contributed by atoms with Crippen LogP contribution < -0.4 is 0 Å². The van der Waals surface area contributed by atoms with Crippen LogP contribution in [-0.2, 0) is 18.8 Å². The molecule has 6 aromatic rings. The summed E-state index contributed by atoms with van der Waals surface area (Å²) in [4.78, 5) is 7.59. The molecule has 13 heteroatoms. The van der Waals surface area contributed by atoms with Crippen LogP contribution in [0.15, 0.2) is 93.9 Å². The Morgan fingerprint density at radius 3 is 2.22 bits per heavy atom. The summed E-state index contributed by atoms with van der Waals surface area (Å²) >= 11 is 2.22. The number of para-hydroxylation sites is 2. The second-order valence-electron chi connectivity index (χ2n) is 9.00. The standard InChI is InChI=1S/C28H17F6N5S2/c29-27(30,31)18-10-16(11-19(13-18)28(32,33)34)23-15-40-26(36-23)41-25-38-37-24(39(25)20-6-2-1-3-7-20)12-17-14-35-22-9-5-4-8-21(17)22/h1-11,13-15,35H,12H2. The van der Waals surface area contributed by atoms with E-state index >= 15 is 0 Å². The average molecular weight is 602 g/mol. The maximum atomic E-state index is 13.4. The van der Waals surface area contributed by atoms with Crippen LogP contribution in [0.25, 0.3) is 27.8 Å². The van der Waals surface area contributed by atoms with Gasteiger partial charge >= 0.3 is 12.4 Å². The number of rotatable bonds is 6. The van der Waals surface area contributed by atoms with Gasteiger partial charge in [-0.05, 0) is 53.7 Å². The quantitative estimate of drug-likeness (QED) is 0.194. The maximum Gasteiger partial charge on any atom is 0.416 e. The summed E-state index contributed by atoms with van der Waals surface area (Å²) < 4.78 is 82.4. The molecule has 1 N–H and O–H groups in total. The Kier molecular flexibility index (Phi) is 6.86. The van der Waals surface area contributed by atoms with Crippen molar-refractivity contribution in [1.29, 1.82) is 0 Å². The van der Waals surface area contributed by atoms with Crippen molar-refractivity contribution in [2.75, 3.05) is 0 Å². The third-order valence-corrected chi connectivity index (χ3v) is 8.17. The van der Waals surface area contributed by atoms with E-state index in [9.17, 15) is 26.3 Å². The Morgan fingerprint density at radius 1 is 0.829 bits per heavy atom. The van der Waals surface area contributed by atoms with Crippen LogP contribution in [0.2, 0.25) is 0 Å². The largest absolute Gasteiger partial charge is 0.416 e. The molecular weight excluding hydrogens is 584 g/mol. The SMILES string of the molecule is FC(F)(F)c1cc(-c2csc(Sc3nnc(Cc4c[nH]c5ccccc45)n3-c3ccccc3)n2)cc(C(F)(F)F)c1. The number of alkyl halides is 6. The van der Waals surface area contributed by atoms with E-state index in [4.69, 9.17) is 0 Å². The molecule has 0 saturated carbocycles. The van der Waals surface area contributed by atoms with E-state index in [-0.39, 0.29) is 17.3 Å². The van der Waals surface area contributed by atoms with E-state index in [0.717, 1.165) is 45.3 Å². The van der Waals surface area contributed by atoms with Crippen LogP contribution in [0.3, 0.4) is 0 Å². The lowest BCUT2D eigenvalue weighted by Crippen LogP contribution is -2.11. The molecule has 0 aliphatic carbocycles. The summed E-state index contributed by atoms with van der Waals surface area (Å²) in [5.74, 6) is 0.646. The predicted octanol–water partition coefficient (Wildman–Crippen LogP) is 8.65. The van der Waals surface area contributed by atoms with E-state index in [0.29, 0.717) is 33.9 Å². The third kappa shape index (κ3) is 5.59. The van der Waals surface area contributed by atoms with Crippen molar-refractivity contribution >= 4 is 34.0 Å². The molecule has 3 aromatic carbocycles. The van der Waals surface area contributed by atoms with Gasteiger partial charge in [0, 0.05) is 40.2 Å². The second kappa shape index (κ2) is 10.4. The number of benzene rings is 3. The Bertz CT molecular complexity index is 1800. The molecule has 41 heavy (non-hydrogen) atoms. The van der Waals surface area contributed by atoms with Gasteiger partial charge in [-0.1, -0.05) is 36.4 Å². The highest BCUT2D eigenvalue weighted by molar-refractivity contribution is 8.00. The topological polar surface area (TPSA) is 59.4 Å². The molecule has 0 saturated heterocycles. The van der Waals surface area contributed by atoms with Crippen molar-refractivity contribution in [3.05, 3.63) is 107 Å². The first-order chi connectivity index (χ1) is 19.6. The molecule has 3 aromatic heterocycles. The molecule has 5 nitrogen and oxygen atoms in total. The third-order valence-electron chi connectivity index (χ3n) is 6.28. The Labute approximate surface area is 236 Å². The molecule has 0 aliphatic rings. The van der Waals surface area contributed by atoms with Crippen LogP contribution >= 0.6 is 23.1 Å². The van der Waals surface area contributed by atoms with E-state index in [1.54, 1.807) is 0 Å². The Balaban J connectivity index is 1.35. The van der Waals surface area contributed by atoms with E-state index in [1.807, 2.05) is 65.4 Å². The van der Waals surface area contributed by atoms with Gasteiger partial charge in [0.05, 0.1) is 16.8 Å². The fraction of sp³-hybridized carbons (Fsp3) is 0.107. The highest BCUT2D eigenvalue weighted by Gasteiger charge is 2.37. The zero-order valence-corrected chi connectivity index (χ0v) is 22.3. The van der Waals surface area contributed by atoms with E-state index in [2.05, 4.69) is 20.2 Å². The number of thiazole rings is 1. The molecule has 0 fully saturated rings. The average Bonchev–Trinajstić information content (AvgIpc) is 3.68. The fourth-order valence-corrected chi connectivity index (χ4v) is 6.18. The van der Waals surface area contributed by atoms with Gasteiger partial charge in [-0.2, -0.15) is 26.3 Å². The van der Waals surface area contributed by atoms with Crippen molar-refractivity contribution in [2.24, 2.45) is 0 Å². The monoisotopic (exact) mass is 601 g/mol. The molecule has 0 atom stereocenters. The van der Waals surface area contributed by atoms with Gasteiger partial charge in [-0.15, -0.1) is 21.5 Å². The van der Waals surface area contributed by atoms with Gasteiger partial charge in [0.15, 0.2) is 4.34 Å². The van der Waals surface area contributed by atoms with Crippen LogP contribution in [0, 0.1) is 0 Å². The smallest absolute Gasteiger partial charge is 0.361 e. The zero-order chi connectivity index (χ0) is 28.8. The summed E-state index contributed by atoms with van der Waals surface area (Å²) in [6.45, 7) is 0. The molecular formula is C28H17F6N5S2. The number of hydrogen-bond donors (Lipinski definition) is 1. The minimum absolute atomic E-state index is 0.00103. The molecule has 0 amide bonds. The summed E-state index contributed by atoms with van der Waals surface area (Å²) in [6, 6.07) is 18.7. The predicted molar refractivity (Wildman–Crippen MR) is 144 cm³/mol. The molecule has 0 aliphatic heterocycles. The Hall–Kier alpha value is -4.10. The highest BCUT2D eigenvalue weighted by atomic mass is 32.2. The molecule has 208 valence electrons. The van der Waals surface area contributed by atoms with Gasteiger partial charge in [-0.3, -0.25) is 4.57 Å². The number of aromatic nitrogens is 5. The number of H-pyrrole nitrogens is 1. The van der Waals surface area contributed by atoms with Gasteiger partial charge in [0.25, 0.3) is 0 Å². The van der Waals surface area contributed by atoms with E-state index < -0.39 is 23.5 Å². The lowest BCUT2D eigenvalue weighted by molar-refractivity contribution is -0.143. The number of nitrogens with zero attached hydrogens (tertiary/aromatic N) is 4. The van der Waals surface area contributed by atoms with Gasteiger partial charge in [-0.25, -0.2) is 4.98 Å². The van der Waals surface area contributed by atoms with Crippen molar-refractivity contribution in [1.82, 2.24) is 24.7 Å². The molecule has 0 bridgehead atoms. The number of nitrogens with one attached hydrogen (secondary N) is 1. The molecule has 3 heterocycles. The summed E-state index contributed by atoms with van der Waals surface area (Å²) in [5, 5.41) is 11.7. The lowest BCUT2D eigenvalue weighted by Gasteiger charge is -2.13. The van der Waals surface area contributed by atoms with Crippen molar-refractivity contribution in [3.8, 4) is 16.9 Å². The first-order valence-electron chi connectivity index (χ1n) is 12.0. The number of hydrogen-bond acceptors (Lipinski definition) is 5. The van der Waals surface area contributed by atoms with Crippen molar-refractivity contribution in [3.63, 3.8) is 0 Å². The number of aromatic amines is 1. The van der Waals surface area contributed by atoms with E-state index in [1.165, 1.54) is 5.38 Å². The van der Waals surface area contributed by atoms with Crippen LogP contribution in [0.4, 0.5) is 26.3 Å². The zero-order valence-electron chi connectivity index (χ0n) is 20.7. The lowest BCUT2D eigenvalue weighted by atomic mass is 10.0. The first-order valence-corrected chi connectivity index (χ1v) is 13.7. The number of fused-ring (bicyclic) bond motifs is 1. The van der Waals surface area contributed by atoms with Crippen molar-refractivity contribution in [2.45, 2.75) is 28.3 Å². The van der Waals surface area contributed by atoms with Crippen LogP contribution in [0.5, 0.6) is 0 Å². The number of halogens is 6. The van der Waals surface area contributed by atoms with Gasteiger partial charge in [0.2, 0.25) is 5.16 Å². The van der Waals surface area contributed by atoms with Gasteiger partial charge in [0.1, 0.15) is 5.82 Å². The summed E-state index contributed by atoms with van der Waals surface area (Å²) in [5.41, 5.74) is -0.270. The molecule has 0 spiro atoms. The fourth-order valence-electron chi connectivity index (χ4n) is 4.38. The minimum atomic E-state index is -4.95. The molecule has 6 rings (SSSR count). The van der Waals surface area contributed by atoms with Crippen LogP contribution in [-0.4, -0.2) is 24.7 Å². The van der Waals surface area contributed by atoms with Crippen molar-refractivity contribution < 1.29 is 26.3 Å². The normalized spacial score (nSPS) is 12.3. The second-order valence-corrected chi connectivity index (χ2v) is 11.1. The Morgan fingerprint density at radius 2 is 1.51 bits per heavy atom. The molecule has 0 unspecified atom stereocenters.